The molecular weight excluding hydrogens is 221 g/mol. The third-order valence-electron chi connectivity index (χ3n) is 3.23. The number of hydrogen-bond acceptors (Lipinski definition) is 3. The van der Waals surface area contributed by atoms with E-state index in [1.54, 1.807) is 6.07 Å². The van der Waals surface area contributed by atoms with Crippen LogP contribution in [-0.4, -0.2) is 16.9 Å². The quantitative estimate of drug-likeness (QED) is 0.786. The average molecular weight is 237 g/mol. The van der Waals surface area contributed by atoms with Crippen LogP contribution in [0.2, 0.25) is 0 Å². The molecule has 1 amide bonds. The van der Waals surface area contributed by atoms with Gasteiger partial charge in [0.2, 0.25) is 11.9 Å². The van der Waals surface area contributed by atoms with E-state index < -0.39 is 5.95 Å². The van der Waals surface area contributed by atoms with Gasteiger partial charge in [0.05, 0.1) is 0 Å². The van der Waals surface area contributed by atoms with Gasteiger partial charge < -0.3 is 11.1 Å². The topological polar surface area (TPSA) is 68.0 Å². The van der Waals surface area contributed by atoms with Crippen LogP contribution in [0, 0.1) is 11.9 Å². The molecule has 0 bridgehead atoms. The molecule has 5 heteroatoms. The van der Waals surface area contributed by atoms with Crippen LogP contribution in [0.1, 0.15) is 25.7 Å². The summed E-state index contributed by atoms with van der Waals surface area (Å²) in [6.07, 6.45) is 4.82. The van der Waals surface area contributed by atoms with Crippen LogP contribution in [0.3, 0.4) is 0 Å². The molecule has 3 N–H and O–H groups in total. The molecule has 1 fully saturated rings. The molecule has 2 rings (SSSR count). The number of anilines is 1. The molecule has 1 aromatic heterocycles. The molecule has 17 heavy (non-hydrogen) atoms. The van der Waals surface area contributed by atoms with Crippen LogP contribution < -0.4 is 11.1 Å². The summed E-state index contributed by atoms with van der Waals surface area (Å²) >= 11 is 0. The predicted molar refractivity (Wildman–Crippen MR) is 62.8 cm³/mol. The zero-order chi connectivity index (χ0) is 12.3. The van der Waals surface area contributed by atoms with Gasteiger partial charge in [0.1, 0.15) is 0 Å². The number of nitrogens with zero attached hydrogens (tertiary/aromatic N) is 1. The van der Waals surface area contributed by atoms with E-state index in [-0.39, 0.29) is 17.9 Å². The lowest BCUT2D eigenvalue weighted by Gasteiger charge is -2.28. The maximum Gasteiger partial charge on any atom is 0.220 e. The molecule has 0 spiro atoms. The van der Waals surface area contributed by atoms with E-state index in [2.05, 4.69) is 10.3 Å². The summed E-state index contributed by atoms with van der Waals surface area (Å²) in [7, 11) is 0. The second-order valence-electron chi connectivity index (χ2n) is 4.46. The Labute approximate surface area is 99.4 Å². The fourth-order valence-corrected chi connectivity index (χ4v) is 2.25. The number of rotatable bonds is 3. The highest BCUT2D eigenvalue weighted by Crippen LogP contribution is 2.26. The van der Waals surface area contributed by atoms with Crippen molar-refractivity contribution in [3.8, 4) is 0 Å². The molecule has 1 aliphatic carbocycles. The lowest BCUT2D eigenvalue weighted by Crippen LogP contribution is -2.32. The molecular formula is C12H16FN3O. The van der Waals surface area contributed by atoms with E-state index in [1.165, 1.54) is 12.3 Å². The normalized spacial score (nSPS) is 24.3. The van der Waals surface area contributed by atoms with Crippen LogP contribution in [0.5, 0.6) is 0 Å². The molecule has 0 radical (unpaired) electrons. The van der Waals surface area contributed by atoms with Gasteiger partial charge in [-0.3, -0.25) is 4.79 Å². The molecule has 92 valence electrons. The van der Waals surface area contributed by atoms with Gasteiger partial charge >= 0.3 is 0 Å². The first-order valence-corrected chi connectivity index (χ1v) is 5.82. The predicted octanol–water partition coefficient (Wildman–Crippen LogP) is 1.68. The lowest BCUT2D eigenvalue weighted by atomic mass is 9.85. The number of hydrogen-bond donors (Lipinski definition) is 2. The van der Waals surface area contributed by atoms with Crippen molar-refractivity contribution >= 4 is 11.6 Å². The van der Waals surface area contributed by atoms with Crippen molar-refractivity contribution in [1.82, 2.24) is 4.98 Å². The Kier molecular flexibility index (Phi) is 3.56. The number of pyridine rings is 1. The van der Waals surface area contributed by atoms with Gasteiger partial charge in [0.15, 0.2) is 0 Å². The summed E-state index contributed by atoms with van der Waals surface area (Å²) in [4.78, 5) is 14.5. The molecule has 0 aliphatic heterocycles. The van der Waals surface area contributed by atoms with E-state index in [1.807, 2.05) is 0 Å². The first-order chi connectivity index (χ1) is 8.15. The van der Waals surface area contributed by atoms with Gasteiger partial charge in [0, 0.05) is 29.9 Å². The van der Waals surface area contributed by atoms with Crippen LogP contribution in [0.4, 0.5) is 10.1 Å². The Morgan fingerprint density at radius 3 is 2.71 bits per heavy atom. The van der Waals surface area contributed by atoms with Crippen molar-refractivity contribution in [2.45, 2.75) is 31.7 Å². The van der Waals surface area contributed by atoms with Crippen molar-refractivity contribution in [1.29, 1.82) is 0 Å². The Morgan fingerprint density at radius 2 is 2.12 bits per heavy atom. The maximum absolute atomic E-state index is 12.9. The third-order valence-corrected chi connectivity index (χ3v) is 3.23. The minimum Gasteiger partial charge on any atom is -0.382 e. The van der Waals surface area contributed by atoms with E-state index in [9.17, 15) is 9.18 Å². The molecule has 0 saturated heterocycles. The Hall–Kier alpha value is -1.65. The average Bonchev–Trinajstić information content (AvgIpc) is 2.29. The van der Waals surface area contributed by atoms with E-state index in [0.717, 1.165) is 31.4 Å². The van der Waals surface area contributed by atoms with Crippen molar-refractivity contribution < 1.29 is 9.18 Å². The number of carbonyl (C=O) groups excluding carboxylic acids is 1. The maximum atomic E-state index is 12.9. The largest absolute Gasteiger partial charge is 0.382 e. The zero-order valence-corrected chi connectivity index (χ0v) is 9.53. The molecule has 1 aliphatic rings. The SMILES string of the molecule is NC(=O)C1CCC(Nc2ccnc(F)c2)CC1. The van der Waals surface area contributed by atoms with Gasteiger partial charge in [-0.1, -0.05) is 0 Å². The first-order valence-electron chi connectivity index (χ1n) is 5.82. The summed E-state index contributed by atoms with van der Waals surface area (Å²) in [5, 5.41) is 3.25. The number of nitrogens with one attached hydrogen (secondary N) is 1. The Morgan fingerprint density at radius 1 is 1.41 bits per heavy atom. The van der Waals surface area contributed by atoms with Gasteiger partial charge in [0.25, 0.3) is 0 Å². The summed E-state index contributed by atoms with van der Waals surface area (Å²) < 4.78 is 12.9. The number of primary amides is 1. The molecule has 0 unspecified atom stereocenters. The van der Waals surface area contributed by atoms with Crippen molar-refractivity contribution in [2.75, 3.05) is 5.32 Å². The highest BCUT2D eigenvalue weighted by Gasteiger charge is 2.24. The molecule has 1 saturated carbocycles. The van der Waals surface area contributed by atoms with Gasteiger partial charge in [-0.2, -0.15) is 4.39 Å². The fraction of sp³-hybridized carbons (Fsp3) is 0.500. The standard InChI is InChI=1S/C12H16FN3O/c13-11-7-10(5-6-15-11)16-9-3-1-8(2-4-9)12(14)17/h5-9H,1-4H2,(H2,14,17)(H,15,16). The highest BCUT2D eigenvalue weighted by atomic mass is 19.1. The Balaban J connectivity index is 1.88. The van der Waals surface area contributed by atoms with Gasteiger partial charge in [-0.15, -0.1) is 0 Å². The second kappa shape index (κ2) is 5.12. The summed E-state index contributed by atoms with van der Waals surface area (Å²) in [5.74, 6) is -0.693. The fourth-order valence-electron chi connectivity index (χ4n) is 2.25. The summed E-state index contributed by atoms with van der Waals surface area (Å²) in [6.45, 7) is 0. The molecule has 4 nitrogen and oxygen atoms in total. The molecule has 1 aromatic rings. The van der Waals surface area contributed by atoms with Gasteiger partial charge in [-0.05, 0) is 31.7 Å². The smallest absolute Gasteiger partial charge is 0.220 e. The van der Waals surface area contributed by atoms with Gasteiger partial charge in [-0.25, -0.2) is 4.98 Å². The lowest BCUT2D eigenvalue weighted by molar-refractivity contribution is -0.122. The highest BCUT2D eigenvalue weighted by molar-refractivity contribution is 5.76. The van der Waals surface area contributed by atoms with Crippen LogP contribution in [0.15, 0.2) is 18.3 Å². The molecule has 0 atom stereocenters. The van der Waals surface area contributed by atoms with Crippen LogP contribution in [0.25, 0.3) is 0 Å². The third kappa shape index (κ3) is 3.15. The number of aromatic nitrogens is 1. The van der Waals surface area contributed by atoms with E-state index in [4.69, 9.17) is 5.73 Å². The van der Waals surface area contributed by atoms with E-state index >= 15 is 0 Å². The number of carbonyl (C=O) groups is 1. The molecule has 0 aromatic carbocycles. The minimum atomic E-state index is -0.485. The summed E-state index contributed by atoms with van der Waals surface area (Å²) in [6, 6.07) is 3.40. The second-order valence-corrected chi connectivity index (χ2v) is 4.46. The van der Waals surface area contributed by atoms with Crippen molar-refractivity contribution in [3.05, 3.63) is 24.3 Å². The minimum absolute atomic E-state index is 0.00206. The van der Waals surface area contributed by atoms with Crippen LogP contribution in [-0.2, 0) is 4.79 Å². The zero-order valence-electron chi connectivity index (χ0n) is 9.53. The number of halogens is 1. The number of amides is 1. The molecule has 1 heterocycles. The first kappa shape index (κ1) is 11.8. The van der Waals surface area contributed by atoms with Crippen molar-refractivity contribution in [3.63, 3.8) is 0 Å². The Bertz CT molecular complexity index is 402. The van der Waals surface area contributed by atoms with Crippen molar-refractivity contribution in [2.24, 2.45) is 11.7 Å². The van der Waals surface area contributed by atoms with E-state index in [0.29, 0.717) is 0 Å². The number of nitrogens with two attached hydrogens (primary N) is 1. The monoisotopic (exact) mass is 237 g/mol. The van der Waals surface area contributed by atoms with Crippen LogP contribution >= 0.6 is 0 Å². The summed E-state index contributed by atoms with van der Waals surface area (Å²) in [5.41, 5.74) is 6.00.